The summed E-state index contributed by atoms with van der Waals surface area (Å²) in [4.78, 5) is 2.36. The number of rotatable bonds is 3. The van der Waals surface area contributed by atoms with Gasteiger partial charge >= 0.3 is 0 Å². The van der Waals surface area contributed by atoms with Crippen molar-refractivity contribution in [1.82, 2.24) is 25.1 Å². The van der Waals surface area contributed by atoms with E-state index in [9.17, 15) is 0 Å². The fourth-order valence-electron chi connectivity index (χ4n) is 2.64. The molecule has 0 saturated carbocycles. The minimum atomic E-state index is 0.495. The van der Waals surface area contributed by atoms with Gasteiger partial charge < -0.3 is 4.90 Å². The van der Waals surface area contributed by atoms with E-state index in [-0.39, 0.29) is 0 Å². The van der Waals surface area contributed by atoms with Crippen LogP contribution in [0.4, 0.5) is 0 Å². The molecule has 1 aliphatic heterocycles. The highest BCUT2D eigenvalue weighted by Crippen LogP contribution is 2.25. The largest absolute Gasteiger partial charge is 0.306 e. The smallest absolute Gasteiger partial charge is 0.154 e. The molecule has 5 heteroatoms. The van der Waals surface area contributed by atoms with Gasteiger partial charge in [0.25, 0.3) is 0 Å². The molecule has 5 nitrogen and oxygen atoms in total. The van der Waals surface area contributed by atoms with Gasteiger partial charge in [-0.3, -0.25) is 0 Å². The zero-order valence-electron chi connectivity index (χ0n) is 11.2. The Labute approximate surface area is 113 Å². The number of likely N-dealkylation sites (tertiary alicyclic amines) is 1. The molecule has 19 heavy (non-hydrogen) atoms. The fourth-order valence-corrected chi connectivity index (χ4v) is 2.64. The molecule has 1 aromatic heterocycles. The van der Waals surface area contributed by atoms with Crippen molar-refractivity contribution < 1.29 is 0 Å². The topological polar surface area (TPSA) is 46.8 Å². The van der Waals surface area contributed by atoms with Gasteiger partial charge in [-0.15, -0.1) is 5.10 Å². The van der Waals surface area contributed by atoms with Gasteiger partial charge in [-0.05, 0) is 49.0 Å². The van der Waals surface area contributed by atoms with Crippen molar-refractivity contribution in [3.8, 4) is 0 Å². The lowest BCUT2D eigenvalue weighted by atomic mass is 9.96. The first-order valence-corrected chi connectivity index (χ1v) is 6.81. The second kappa shape index (κ2) is 5.48. The van der Waals surface area contributed by atoms with Crippen LogP contribution in [-0.2, 0) is 6.54 Å². The highest BCUT2D eigenvalue weighted by molar-refractivity contribution is 5.15. The molecular weight excluding hydrogens is 238 g/mol. The third-order valence-corrected chi connectivity index (χ3v) is 3.82. The van der Waals surface area contributed by atoms with E-state index in [1.165, 1.54) is 5.56 Å². The summed E-state index contributed by atoms with van der Waals surface area (Å²) in [5.41, 5.74) is 1.24. The number of piperidine rings is 1. The predicted octanol–water partition coefficient (Wildman–Crippen LogP) is 1.53. The van der Waals surface area contributed by atoms with E-state index >= 15 is 0 Å². The Morgan fingerprint density at radius 2 is 1.89 bits per heavy atom. The Bertz CT molecular complexity index is 514. The summed E-state index contributed by atoms with van der Waals surface area (Å²) in [6.07, 6.45) is 2.29. The van der Waals surface area contributed by atoms with E-state index in [0.717, 1.165) is 38.3 Å². The predicted molar refractivity (Wildman–Crippen MR) is 72.8 cm³/mol. The van der Waals surface area contributed by atoms with Gasteiger partial charge in [0.1, 0.15) is 0 Å². The highest BCUT2D eigenvalue weighted by Gasteiger charge is 2.23. The SMILES string of the molecule is CN1CCC(c2nnnn2Cc2ccccc2)CC1. The van der Waals surface area contributed by atoms with Gasteiger partial charge in [0.2, 0.25) is 0 Å². The van der Waals surface area contributed by atoms with E-state index in [2.05, 4.69) is 51.7 Å². The van der Waals surface area contributed by atoms with Crippen LogP contribution in [0.15, 0.2) is 30.3 Å². The van der Waals surface area contributed by atoms with Crippen LogP contribution in [-0.4, -0.2) is 45.2 Å². The van der Waals surface area contributed by atoms with E-state index in [1.54, 1.807) is 0 Å². The average molecular weight is 257 g/mol. The van der Waals surface area contributed by atoms with E-state index in [1.807, 2.05) is 10.7 Å². The van der Waals surface area contributed by atoms with Crippen molar-refractivity contribution in [2.75, 3.05) is 20.1 Å². The lowest BCUT2D eigenvalue weighted by Gasteiger charge is -2.28. The number of hydrogen-bond donors (Lipinski definition) is 0. The van der Waals surface area contributed by atoms with Crippen molar-refractivity contribution in [2.24, 2.45) is 0 Å². The van der Waals surface area contributed by atoms with Gasteiger partial charge in [0, 0.05) is 5.92 Å². The summed E-state index contributed by atoms with van der Waals surface area (Å²) in [5.74, 6) is 1.53. The minimum Gasteiger partial charge on any atom is -0.306 e. The Kier molecular flexibility index (Phi) is 3.55. The third kappa shape index (κ3) is 2.81. The van der Waals surface area contributed by atoms with Crippen molar-refractivity contribution in [1.29, 1.82) is 0 Å². The molecule has 0 spiro atoms. The standard InChI is InChI=1S/C14H19N5/c1-18-9-7-13(8-10-18)14-15-16-17-19(14)11-12-5-3-2-4-6-12/h2-6,13H,7-11H2,1H3. The molecule has 100 valence electrons. The van der Waals surface area contributed by atoms with E-state index in [0.29, 0.717) is 5.92 Å². The molecule has 2 heterocycles. The Balaban J connectivity index is 1.75. The quantitative estimate of drug-likeness (QED) is 0.836. The maximum Gasteiger partial charge on any atom is 0.154 e. The van der Waals surface area contributed by atoms with Gasteiger partial charge in [0.05, 0.1) is 6.54 Å². The lowest BCUT2D eigenvalue weighted by molar-refractivity contribution is 0.248. The van der Waals surface area contributed by atoms with Crippen LogP contribution in [0.3, 0.4) is 0 Å². The second-order valence-corrected chi connectivity index (χ2v) is 5.26. The first-order chi connectivity index (χ1) is 9.33. The van der Waals surface area contributed by atoms with Crippen LogP contribution in [0.2, 0.25) is 0 Å². The summed E-state index contributed by atoms with van der Waals surface area (Å²) < 4.78 is 1.95. The molecule has 0 amide bonds. The summed E-state index contributed by atoms with van der Waals surface area (Å²) >= 11 is 0. The molecule has 1 saturated heterocycles. The highest BCUT2D eigenvalue weighted by atomic mass is 15.5. The van der Waals surface area contributed by atoms with Crippen LogP contribution < -0.4 is 0 Å². The maximum absolute atomic E-state index is 4.24. The van der Waals surface area contributed by atoms with Crippen LogP contribution in [0.25, 0.3) is 0 Å². The third-order valence-electron chi connectivity index (χ3n) is 3.82. The van der Waals surface area contributed by atoms with Crippen LogP contribution in [0.5, 0.6) is 0 Å². The van der Waals surface area contributed by atoms with Gasteiger partial charge in [-0.1, -0.05) is 30.3 Å². The summed E-state index contributed by atoms with van der Waals surface area (Å²) in [7, 11) is 2.17. The summed E-state index contributed by atoms with van der Waals surface area (Å²) in [5, 5.41) is 12.3. The van der Waals surface area contributed by atoms with E-state index in [4.69, 9.17) is 0 Å². The normalized spacial score (nSPS) is 17.7. The maximum atomic E-state index is 4.24. The second-order valence-electron chi connectivity index (χ2n) is 5.26. The lowest BCUT2D eigenvalue weighted by Crippen LogP contribution is -2.30. The van der Waals surface area contributed by atoms with Crippen molar-refractivity contribution in [3.63, 3.8) is 0 Å². The molecule has 0 unspecified atom stereocenters. The van der Waals surface area contributed by atoms with Gasteiger partial charge in [-0.2, -0.15) is 0 Å². The van der Waals surface area contributed by atoms with Gasteiger partial charge in [-0.25, -0.2) is 4.68 Å². The number of tetrazole rings is 1. The summed E-state index contributed by atoms with van der Waals surface area (Å²) in [6.45, 7) is 3.02. The monoisotopic (exact) mass is 257 g/mol. The first-order valence-electron chi connectivity index (χ1n) is 6.81. The molecule has 3 rings (SSSR count). The molecule has 0 N–H and O–H groups in total. The molecule has 2 aromatic rings. The van der Waals surface area contributed by atoms with Crippen LogP contribution in [0.1, 0.15) is 30.1 Å². The van der Waals surface area contributed by atoms with E-state index < -0.39 is 0 Å². The average Bonchev–Trinajstić information content (AvgIpc) is 2.89. The Morgan fingerprint density at radius 3 is 2.63 bits per heavy atom. The molecule has 1 fully saturated rings. The van der Waals surface area contributed by atoms with Crippen molar-refractivity contribution >= 4 is 0 Å². The Hall–Kier alpha value is -1.75. The zero-order chi connectivity index (χ0) is 13.1. The zero-order valence-corrected chi connectivity index (χ0v) is 11.2. The molecule has 1 aliphatic rings. The molecule has 0 bridgehead atoms. The van der Waals surface area contributed by atoms with Crippen LogP contribution >= 0.6 is 0 Å². The molecule has 0 radical (unpaired) electrons. The Morgan fingerprint density at radius 1 is 1.16 bits per heavy atom. The molecule has 0 atom stereocenters. The number of aromatic nitrogens is 4. The fraction of sp³-hybridized carbons (Fsp3) is 0.500. The number of nitrogens with zero attached hydrogens (tertiary/aromatic N) is 5. The minimum absolute atomic E-state index is 0.495. The summed E-state index contributed by atoms with van der Waals surface area (Å²) in [6, 6.07) is 10.4. The number of hydrogen-bond acceptors (Lipinski definition) is 4. The van der Waals surface area contributed by atoms with Crippen LogP contribution in [0, 0.1) is 0 Å². The van der Waals surface area contributed by atoms with Gasteiger partial charge in [0.15, 0.2) is 5.82 Å². The first kappa shape index (κ1) is 12.3. The molecular formula is C14H19N5. The van der Waals surface area contributed by atoms with Crippen molar-refractivity contribution in [3.05, 3.63) is 41.7 Å². The molecule has 0 aliphatic carbocycles. The molecule has 1 aromatic carbocycles. The van der Waals surface area contributed by atoms with Crippen molar-refractivity contribution in [2.45, 2.75) is 25.3 Å². The number of benzene rings is 1.